The van der Waals surface area contributed by atoms with E-state index in [2.05, 4.69) is 30.3 Å². The Morgan fingerprint density at radius 1 is 0.545 bits per heavy atom. The molecule has 1 heteroatoms. The van der Waals surface area contributed by atoms with Crippen molar-refractivity contribution in [3.63, 3.8) is 0 Å². The number of hydrogen-bond donors (Lipinski definition) is 0. The first-order valence-corrected chi connectivity index (χ1v) is 7.44. The van der Waals surface area contributed by atoms with E-state index in [9.17, 15) is 5.26 Å². The predicted octanol–water partition coefficient (Wildman–Crippen LogP) is 5.13. The molecule has 0 bridgehead atoms. The third-order valence-electron chi connectivity index (χ3n) is 3.95. The van der Waals surface area contributed by atoms with Crippen LogP contribution >= 0.6 is 0 Å². The Morgan fingerprint density at radius 2 is 0.909 bits per heavy atom. The van der Waals surface area contributed by atoms with Crippen LogP contribution in [0.3, 0.4) is 0 Å². The molecule has 0 amide bonds. The van der Waals surface area contributed by atoms with E-state index in [4.69, 9.17) is 0 Å². The average molecular weight is 283 g/mol. The standard InChI is InChI=1S/C21H17N/c22-16-20(17-10-4-1-5-11-17)21(18-12-6-2-7-13-18)19-14-8-3-9-15-19/h1-15,20-21H/t20-/m1/s1. The Morgan fingerprint density at radius 3 is 1.27 bits per heavy atom. The second-order valence-corrected chi connectivity index (χ2v) is 5.32. The zero-order chi connectivity index (χ0) is 15.2. The molecule has 0 saturated carbocycles. The molecule has 1 nitrogen and oxygen atoms in total. The van der Waals surface area contributed by atoms with Crippen LogP contribution in [0.25, 0.3) is 0 Å². The Bertz CT molecular complexity index is 703. The molecule has 0 aliphatic rings. The van der Waals surface area contributed by atoms with Crippen LogP contribution in [-0.4, -0.2) is 0 Å². The lowest BCUT2D eigenvalue weighted by atomic mass is 9.78. The Balaban J connectivity index is 2.11. The van der Waals surface area contributed by atoms with Crippen molar-refractivity contribution in [2.75, 3.05) is 0 Å². The second-order valence-electron chi connectivity index (χ2n) is 5.32. The van der Waals surface area contributed by atoms with Crippen LogP contribution in [0.2, 0.25) is 0 Å². The molecule has 3 rings (SSSR count). The van der Waals surface area contributed by atoms with Crippen LogP contribution in [-0.2, 0) is 0 Å². The number of nitriles is 1. The van der Waals surface area contributed by atoms with Crippen LogP contribution < -0.4 is 0 Å². The first-order chi connectivity index (χ1) is 10.9. The second kappa shape index (κ2) is 6.74. The molecule has 0 radical (unpaired) electrons. The number of hydrogen-bond acceptors (Lipinski definition) is 1. The van der Waals surface area contributed by atoms with Crippen LogP contribution in [0.15, 0.2) is 91.0 Å². The van der Waals surface area contributed by atoms with Crippen molar-refractivity contribution in [2.45, 2.75) is 11.8 Å². The summed E-state index contributed by atoms with van der Waals surface area (Å²) in [6.07, 6.45) is 0. The van der Waals surface area contributed by atoms with Gasteiger partial charge in [0.2, 0.25) is 0 Å². The van der Waals surface area contributed by atoms with Gasteiger partial charge in [-0.05, 0) is 16.7 Å². The molecule has 0 unspecified atom stereocenters. The molecule has 0 aliphatic carbocycles. The molecule has 3 aromatic rings. The van der Waals surface area contributed by atoms with Gasteiger partial charge in [0.25, 0.3) is 0 Å². The highest BCUT2D eigenvalue weighted by atomic mass is 14.3. The summed E-state index contributed by atoms with van der Waals surface area (Å²) in [5, 5.41) is 9.82. The van der Waals surface area contributed by atoms with Gasteiger partial charge in [0, 0.05) is 5.92 Å². The Hall–Kier alpha value is -2.85. The fourth-order valence-corrected chi connectivity index (χ4v) is 2.90. The molecule has 0 aliphatic heterocycles. The minimum Gasteiger partial charge on any atom is -0.198 e. The average Bonchev–Trinajstić information content (AvgIpc) is 2.62. The highest BCUT2D eigenvalue weighted by molar-refractivity contribution is 5.41. The summed E-state index contributed by atoms with van der Waals surface area (Å²) in [6.45, 7) is 0. The maximum atomic E-state index is 9.82. The van der Waals surface area contributed by atoms with Gasteiger partial charge in [0.15, 0.2) is 0 Å². The number of nitrogens with zero attached hydrogens (tertiary/aromatic N) is 1. The number of benzene rings is 3. The van der Waals surface area contributed by atoms with E-state index in [1.54, 1.807) is 0 Å². The van der Waals surface area contributed by atoms with Gasteiger partial charge in [-0.15, -0.1) is 0 Å². The van der Waals surface area contributed by atoms with Gasteiger partial charge >= 0.3 is 0 Å². The predicted molar refractivity (Wildman–Crippen MR) is 89.5 cm³/mol. The van der Waals surface area contributed by atoms with Crippen LogP contribution in [0.1, 0.15) is 28.5 Å². The molecule has 0 spiro atoms. The third kappa shape index (κ3) is 2.92. The lowest BCUT2D eigenvalue weighted by Gasteiger charge is -2.23. The first-order valence-electron chi connectivity index (χ1n) is 7.44. The van der Waals surface area contributed by atoms with Gasteiger partial charge in [-0.3, -0.25) is 0 Å². The summed E-state index contributed by atoms with van der Waals surface area (Å²) < 4.78 is 0. The summed E-state index contributed by atoms with van der Waals surface area (Å²) in [5.74, 6) is -0.166. The van der Waals surface area contributed by atoms with Gasteiger partial charge in [-0.2, -0.15) is 5.26 Å². The molecule has 22 heavy (non-hydrogen) atoms. The monoisotopic (exact) mass is 283 g/mol. The van der Waals surface area contributed by atoms with Crippen molar-refractivity contribution >= 4 is 0 Å². The van der Waals surface area contributed by atoms with E-state index >= 15 is 0 Å². The summed E-state index contributed by atoms with van der Waals surface area (Å²) >= 11 is 0. The van der Waals surface area contributed by atoms with E-state index in [0.717, 1.165) is 5.56 Å². The minimum atomic E-state index is -0.203. The van der Waals surface area contributed by atoms with E-state index in [-0.39, 0.29) is 11.8 Å². The normalized spacial score (nSPS) is 11.8. The van der Waals surface area contributed by atoms with E-state index in [0.29, 0.717) is 0 Å². The number of rotatable bonds is 4. The van der Waals surface area contributed by atoms with Crippen LogP contribution in [0.4, 0.5) is 0 Å². The van der Waals surface area contributed by atoms with E-state index < -0.39 is 0 Å². The zero-order valence-corrected chi connectivity index (χ0v) is 12.3. The summed E-state index contributed by atoms with van der Waals surface area (Å²) in [4.78, 5) is 0. The SMILES string of the molecule is N#C[C@H](c1ccccc1)C(c1ccccc1)c1ccccc1. The summed E-state index contributed by atoms with van der Waals surface area (Å²) in [7, 11) is 0. The lowest BCUT2D eigenvalue weighted by Crippen LogP contribution is -2.11. The van der Waals surface area contributed by atoms with Crippen LogP contribution in [0, 0.1) is 11.3 Å². The topological polar surface area (TPSA) is 23.8 Å². The largest absolute Gasteiger partial charge is 0.198 e. The summed E-state index contributed by atoms with van der Waals surface area (Å²) in [6, 6.07) is 33.1. The maximum absolute atomic E-state index is 9.82. The maximum Gasteiger partial charge on any atom is 0.0821 e. The fraction of sp³-hybridized carbons (Fsp3) is 0.0952. The third-order valence-corrected chi connectivity index (χ3v) is 3.95. The van der Waals surface area contributed by atoms with Gasteiger partial charge in [0.05, 0.1) is 12.0 Å². The Kier molecular flexibility index (Phi) is 4.32. The molecule has 0 saturated heterocycles. The quantitative estimate of drug-likeness (QED) is 0.651. The molecule has 1 atom stereocenters. The lowest BCUT2D eigenvalue weighted by molar-refractivity contribution is 0.726. The highest BCUT2D eigenvalue weighted by Crippen LogP contribution is 2.37. The smallest absolute Gasteiger partial charge is 0.0821 e. The molecule has 106 valence electrons. The molecular weight excluding hydrogens is 266 g/mol. The van der Waals surface area contributed by atoms with Crippen molar-refractivity contribution in [2.24, 2.45) is 0 Å². The summed E-state index contributed by atoms with van der Waals surface area (Å²) in [5.41, 5.74) is 3.40. The molecule has 0 aromatic heterocycles. The van der Waals surface area contributed by atoms with Crippen molar-refractivity contribution in [3.05, 3.63) is 108 Å². The van der Waals surface area contributed by atoms with E-state index in [1.165, 1.54) is 11.1 Å². The van der Waals surface area contributed by atoms with Gasteiger partial charge < -0.3 is 0 Å². The highest BCUT2D eigenvalue weighted by Gasteiger charge is 2.26. The molecule has 3 aromatic carbocycles. The van der Waals surface area contributed by atoms with Gasteiger partial charge in [0.1, 0.15) is 0 Å². The van der Waals surface area contributed by atoms with Crippen LogP contribution in [0.5, 0.6) is 0 Å². The van der Waals surface area contributed by atoms with Gasteiger partial charge in [-0.1, -0.05) is 91.0 Å². The van der Waals surface area contributed by atoms with Crippen molar-refractivity contribution in [1.82, 2.24) is 0 Å². The zero-order valence-electron chi connectivity index (χ0n) is 12.3. The van der Waals surface area contributed by atoms with Crippen molar-refractivity contribution in [3.8, 4) is 6.07 Å². The molecule has 0 heterocycles. The van der Waals surface area contributed by atoms with Crippen molar-refractivity contribution in [1.29, 1.82) is 5.26 Å². The van der Waals surface area contributed by atoms with Gasteiger partial charge in [-0.25, -0.2) is 0 Å². The first kappa shape index (κ1) is 14.1. The fourth-order valence-electron chi connectivity index (χ4n) is 2.90. The van der Waals surface area contributed by atoms with Crippen molar-refractivity contribution < 1.29 is 0 Å². The molecule has 0 fully saturated rings. The minimum absolute atomic E-state index is 0.0369. The molecule has 0 N–H and O–H groups in total. The Labute approximate surface area is 131 Å². The van der Waals surface area contributed by atoms with E-state index in [1.807, 2.05) is 66.7 Å². The molecular formula is C21H17N.